The molecule has 0 atom stereocenters. The molecule has 0 bridgehead atoms. The van der Waals surface area contributed by atoms with E-state index in [1.165, 1.54) is 0 Å². The molecule has 0 aliphatic carbocycles. The largest absolute Gasteiger partial charge is 0.392 e. The third-order valence-corrected chi connectivity index (χ3v) is 1.78. The SMILES string of the molecule is C=C[SiH2]OC(Cl)Cl. The van der Waals surface area contributed by atoms with Crippen LogP contribution in [0.4, 0.5) is 0 Å². The fourth-order valence-electron chi connectivity index (χ4n) is 0.141. The van der Waals surface area contributed by atoms with Crippen molar-refractivity contribution in [2.45, 2.75) is 5.02 Å². The van der Waals surface area contributed by atoms with Crippen molar-refractivity contribution in [3.05, 3.63) is 12.3 Å². The highest BCUT2D eigenvalue weighted by molar-refractivity contribution is 6.46. The molecule has 0 rings (SSSR count). The van der Waals surface area contributed by atoms with Crippen LogP contribution in [-0.2, 0) is 4.43 Å². The Bertz CT molecular complexity index is 56.9. The van der Waals surface area contributed by atoms with Crippen LogP contribution in [0.2, 0.25) is 0 Å². The molecule has 0 saturated carbocycles. The Balaban J connectivity index is 2.81. The Morgan fingerprint density at radius 2 is 2.29 bits per heavy atom. The summed E-state index contributed by atoms with van der Waals surface area (Å²) in [4.78, 5) is 0. The fourth-order valence-corrected chi connectivity index (χ4v) is 0.859. The standard InChI is InChI=1S/C3H6Cl2OSi/c1-2-7-6-3(4)5/h2-3H,1,7H2. The van der Waals surface area contributed by atoms with Crippen molar-refractivity contribution < 1.29 is 4.43 Å². The normalized spacial score (nSPS) is 11.3. The number of hydrogen-bond acceptors (Lipinski definition) is 1. The van der Waals surface area contributed by atoms with Crippen molar-refractivity contribution in [2.75, 3.05) is 0 Å². The van der Waals surface area contributed by atoms with Gasteiger partial charge in [0.2, 0.25) is 0 Å². The first-order chi connectivity index (χ1) is 3.27. The van der Waals surface area contributed by atoms with Gasteiger partial charge in [-0.05, 0) is 0 Å². The monoisotopic (exact) mass is 156 g/mol. The highest BCUT2D eigenvalue weighted by Crippen LogP contribution is 2.00. The second kappa shape index (κ2) is 4.65. The van der Waals surface area contributed by atoms with Crippen LogP contribution in [-0.4, -0.2) is 14.8 Å². The van der Waals surface area contributed by atoms with E-state index < -0.39 is 14.8 Å². The van der Waals surface area contributed by atoms with Gasteiger partial charge in [-0.3, -0.25) is 0 Å². The maximum Gasteiger partial charge on any atom is 0.197 e. The Hall–Kier alpha value is 0.497. The van der Waals surface area contributed by atoms with Gasteiger partial charge in [0.25, 0.3) is 0 Å². The molecule has 0 amide bonds. The maximum atomic E-state index is 5.19. The molecule has 1 nitrogen and oxygen atoms in total. The van der Waals surface area contributed by atoms with Gasteiger partial charge in [0.15, 0.2) is 14.8 Å². The predicted octanol–water partition coefficient (Wildman–Crippen LogP) is 0.991. The summed E-state index contributed by atoms with van der Waals surface area (Å²) >= 11 is 10.4. The maximum absolute atomic E-state index is 5.19. The van der Waals surface area contributed by atoms with Crippen LogP contribution in [0.3, 0.4) is 0 Å². The van der Waals surface area contributed by atoms with Crippen LogP contribution in [0.5, 0.6) is 0 Å². The van der Waals surface area contributed by atoms with Gasteiger partial charge < -0.3 is 4.43 Å². The molecule has 0 spiro atoms. The summed E-state index contributed by atoms with van der Waals surface area (Å²) in [6.45, 7) is 3.45. The molecule has 42 valence electrons. The summed E-state index contributed by atoms with van der Waals surface area (Å²) in [5.41, 5.74) is 1.72. The van der Waals surface area contributed by atoms with E-state index >= 15 is 0 Å². The van der Waals surface area contributed by atoms with Gasteiger partial charge >= 0.3 is 0 Å². The minimum Gasteiger partial charge on any atom is -0.392 e. The van der Waals surface area contributed by atoms with Crippen LogP contribution in [0, 0.1) is 0 Å². The van der Waals surface area contributed by atoms with E-state index in [4.69, 9.17) is 27.6 Å². The molecule has 0 aromatic carbocycles. The summed E-state index contributed by atoms with van der Waals surface area (Å²) in [6, 6.07) is 0. The van der Waals surface area contributed by atoms with Gasteiger partial charge in [-0.2, -0.15) is 0 Å². The number of hydrogen-bond donors (Lipinski definition) is 0. The summed E-state index contributed by atoms with van der Waals surface area (Å²) in [5, 5.41) is -0.662. The van der Waals surface area contributed by atoms with Gasteiger partial charge in [-0.15, -0.1) is 6.58 Å². The highest BCUT2D eigenvalue weighted by Gasteiger charge is 1.91. The van der Waals surface area contributed by atoms with Gasteiger partial charge in [-0.1, -0.05) is 28.9 Å². The molecule has 7 heavy (non-hydrogen) atoms. The average molecular weight is 157 g/mol. The van der Waals surface area contributed by atoms with Gasteiger partial charge in [0.05, 0.1) is 0 Å². The van der Waals surface area contributed by atoms with E-state index in [1.807, 2.05) is 0 Å². The lowest BCUT2D eigenvalue weighted by atomic mass is 11.3. The molecule has 0 aromatic rings. The van der Waals surface area contributed by atoms with E-state index in [2.05, 4.69) is 6.58 Å². The lowest BCUT2D eigenvalue weighted by Gasteiger charge is -1.96. The first kappa shape index (κ1) is 7.50. The Labute approximate surface area is 55.2 Å². The molecule has 4 heteroatoms. The average Bonchev–Trinajstić information content (AvgIpc) is 1.61. The molecule has 0 N–H and O–H groups in total. The number of rotatable bonds is 3. The third kappa shape index (κ3) is 6.50. The van der Waals surface area contributed by atoms with Crippen molar-refractivity contribution in [2.24, 2.45) is 0 Å². The molecule has 0 saturated heterocycles. The third-order valence-electron chi connectivity index (χ3n) is 0.340. The van der Waals surface area contributed by atoms with Gasteiger partial charge in [0, 0.05) is 0 Å². The van der Waals surface area contributed by atoms with Gasteiger partial charge in [0.1, 0.15) is 0 Å². The molecule has 0 radical (unpaired) electrons. The molecule has 0 aliphatic heterocycles. The molecule has 0 aromatic heterocycles. The van der Waals surface area contributed by atoms with Crippen molar-refractivity contribution in [1.82, 2.24) is 0 Å². The van der Waals surface area contributed by atoms with Crippen molar-refractivity contribution in [3.8, 4) is 0 Å². The second-order valence-electron chi connectivity index (χ2n) is 0.883. The Morgan fingerprint density at radius 3 is 2.43 bits per heavy atom. The smallest absolute Gasteiger partial charge is 0.197 e. The van der Waals surface area contributed by atoms with E-state index in [0.29, 0.717) is 0 Å². The topological polar surface area (TPSA) is 9.23 Å². The molecular formula is C3H6Cl2OSi. The van der Waals surface area contributed by atoms with Crippen molar-refractivity contribution in [1.29, 1.82) is 0 Å². The second-order valence-corrected chi connectivity index (χ2v) is 3.14. The van der Waals surface area contributed by atoms with Gasteiger partial charge in [-0.25, -0.2) is 0 Å². The number of alkyl halides is 2. The van der Waals surface area contributed by atoms with E-state index in [-0.39, 0.29) is 0 Å². The van der Waals surface area contributed by atoms with Crippen LogP contribution >= 0.6 is 23.2 Å². The van der Waals surface area contributed by atoms with E-state index in [1.54, 1.807) is 5.70 Å². The Kier molecular flexibility index (Phi) is 4.98. The molecule has 0 unspecified atom stereocenters. The zero-order chi connectivity index (χ0) is 5.70. The van der Waals surface area contributed by atoms with Crippen molar-refractivity contribution >= 4 is 33.0 Å². The first-order valence-electron chi connectivity index (χ1n) is 1.78. The molecule has 0 heterocycles. The van der Waals surface area contributed by atoms with E-state index in [0.717, 1.165) is 0 Å². The zero-order valence-electron chi connectivity index (χ0n) is 3.73. The minimum atomic E-state index is -0.662. The van der Waals surface area contributed by atoms with Crippen LogP contribution < -0.4 is 0 Å². The number of halogens is 2. The summed E-state index contributed by atoms with van der Waals surface area (Å²) in [7, 11) is -0.626. The summed E-state index contributed by atoms with van der Waals surface area (Å²) in [5.74, 6) is 0. The van der Waals surface area contributed by atoms with Crippen LogP contribution in [0.25, 0.3) is 0 Å². The summed E-state index contributed by atoms with van der Waals surface area (Å²) in [6.07, 6.45) is 0. The molecule has 0 fully saturated rings. The highest BCUT2D eigenvalue weighted by atomic mass is 35.5. The molecule has 0 aliphatic rings. The van der Waals surface area contributed by atoms with Crippen LogP contribution in [0.1, 0.15) is 0 Å². The fraction of sp³-hybridized carbons (Fsp3) is 0.333. The van der Waals surface area contributed by atoms with E-state index in [9.17, 15) is 0 Å². The minimum absolute atomic E-state index is 0.626. The first-order valence-corrected chi connectivity index (χ1v) is 4.04. The lowest BCUT2D eigenvalue weighted by Crippen LogP contribution is -1.98. The molecular weight excluding hydrogens is 151 g/mol. The quantitative estimate of drug-likeness (QED) is 0.438. The Morgan fingerprint density at radius 1 is 1.71 bits per heavy atom. The lowest BCUT2D eigenvalue weighted by molar-refractivity contribution is 0.383. The predicted molar refractivity (Wildman–Crippen MR) is 35.3 cm³/mol. The zero-order valence-corrected chi connectivity index (χ0v) is 6.66. The van der Waals surface area contributed by atoms with Crippen molar-refractivity contribution in [3.63, 3.8) is 0 Å². The van der Waals surface area contributed by atoms with Crippen LogP contribution in [0.15, 0.2) is 12.3 Å². The summed E-state index contributed by atoms with van der Waals surface area (Å²) < 4.78 is 4.74.